The molecule has 2 aromatic carbocycles. The summed E-state index contributed by atoms with van der Waals surface area (Å²) < 4.78 is 17.0. The number of nitrogens with zero attached hydrogens (tertiary/aromatic N) is 2. The normalized spacial score (nSPS) is 17.4. The molecule has 0 radical (unpaired) electrons. The van der Waals surface area contributed by atoms with Gasteiger partial charge in [0.1, 0.15) is 17.1 Å². The SMILES string of the molecule is CCOC(=O)COc1ccc2c(c1)C(=NNC(=S)Nc1ccc(C)cc1C)CC(C)(c1cccnc1)O2. The summed E-state index contributed by atoms with van der Waals surface area (Å²) in [6.45, 7) is 7.94. The van der Waals surface area contributed by atoms with Crippen LogP contribution in [0.15, 0.2) is 66.0 Å². The Balaban J connectivity index is 1.61. The van der Waals surface area contributed by atoms with E-state index in [1.165, 1.54) is 5.56 Å². The van der Waals surface area contributed by atoms with Crippen molar-refractivity contribution < 1.29 is 19.0 Å². The molecule has 1 aliphatic rings. The van der Waals surface area contributed by atoms with E-state index < -0.39 is 11.6 Å². The number of ether oxygens (including phenoxy) is 3. The highest BCUT2D eigenvalue weighted by Gasteiger charge is 2.37. The summed E-state index contributed by atoms with van der Waals surface area (Å²) in [6.07, 6.45) is 3.97. The fourth-order valence-electron chi connectivity index (χ4n) is 4.11. The van der Waals surface area contributed by atoms with Crippen molar-refractivity contribution >= 4 is 34.7 Å². The number of carbonyl (C=O) groups is 1. The molecule has 0 bridgehead atoms. The van der Waals surface area contributed by atoms with Gasteiger partial charge >= 0.3 is 5.97 Å². The number of esters is 1. The molecule has 1 aliphatic heterocycles. The van der Waals surface area contributed by atoms with Gasteiger partial charge in [-0.05, 0) is 75.8 Å². The van der Waals surface area contributed by atoms with E-state index in [0.29, 0.717) is 29.6 Å². The number of anilines is 1. The van der Waals surface area contributed by atoms with E-state index >= 15 is 0 Å². The van der Waals surface area contributed by atoms with Crippen LogP contribution < -0.4 is 20.2 Å². The van der Waals surface area contributed by atoms with E-state index in [-0.39, 0.29) is 6.61 Å². The lowest BCUT2D eigenvalue weighted by Crippen LogP contribution is -2.38. The topological polar surface area (TPSA) is 94.1 Å². The highest BCUT2D eigenvalue weighted by Crippen LogP contribution is 2.40. The van der Waals surface area contributed by atoms with Crippen molar-refractivity contribution in [2.45, 2.75) is 39.7 Å². The van der Waals surface area contributed by atoms with Gasteiger partial charge < -0.3 is 19.5 Å². The Morgan fingerprint density at radius 2 is 2.05 bits per heavy atom. The summed E-state index contributed by atoms with van der Waals surface area (Å²) >= 11 is 5.52. The first-order chi connectivity index (χ1) is 17.8. The van der Waals surface area contributed by atoms with Crippen molar-refractivity contribution in [2.24, 2.45) is 5.10 Å². The number of rotatable bonds is 7. The minimum absolute atomic E-state index is 0.185. The molecule has 2 heterocycles. The van der Waals surface area contributed by atoms with E-state index in [4.69, 9.17) is 26.4 Å². The number of hydrogen-bond donors (Lipinski definition) is 2. The zero-order valence-corrected chi connectivity index (χ0v) is 22.1. The molecule has 1 unspecified atom stereocenters. The quantitative estimate of drug-likeness (QED) is 0.256. The molecule has 8 nitrogen and oxygen atoms in total. The van der Waals surface area contributed by atoms with Gasteiger partial charge in [0.15, 0.2) is 11.7 Å². The standard InChI is InChI=1S/C28H30N4O4S/c1-5-34-26(33)17-35-21-9-11-25-22(14-21)24(15-28(4,36-25)20-7-6-12-29-16-20)31-32-27(37)30-23-10-8-18(2)13-19(23)3/h6-14,16H,5,15,17H2,1-4H3,(H2,30,32,37). The van der Waals surface area contributed by atoms with Gasteiger partial charge in [-0.15, -0.1) is 0 Å². The van der Waals surface area contributed by atoms with Crippen LogP contribution in [0.3, 0.4) is 0 Å². The molecule has 4 rings (SSSR count). The molecular weight excluding hydrogens is 488 g/mol. The third kappa shape index (κ3) is 6.42. The van der Waals surface area contributed by atoms with Crippen molar-refractivity contribution in [2.75, 3.05) is 18.5 Å². The molecule has 37 heavy (non-hydrogen) atoms. The van der Waals surface area contributed by atoms with Crippen LogP contribution in [-0.4, -0.2) is 35.0 Å². The van der Waals surface area contributed by atoms with E-state index in [9.17, 15) is 4.79 Å². The van der Waals surface area contributed by atoms with Crippen molar-refractivity contribution in [3.8, 4) is 11.5 Å². The first kappa shape index (κ1) is 26.1. The average molecular weight is 519 g/mol. The number of pyridine rings is 1. The number of hydrogen-bond acceptors (Lipinski definition) is 7. The largest absolute Gasteiger partial charge is 0.482 e. The van der Waals surface area contributed by atoms with Crippen LogP contribution >= 0.6 is 12.2 Å². The molecule has 3 aromatic rings. The van der Waals surface area contributed by atoms with E-state index in [2.05, 4.69) is 26.9 Å². The molecule has 0 fully saturated rings. The van der Waals surface area contributed by atoms with Gasteiger partial charge in [-0.3, -0.25) is 10.4 Å². The van der Waals surface area contributed by atoms with Crippen LogP contribution in [0.1, 0.15) is 42.5 Å². The fraction of sp³-hybridized carbons (Fsp3) is 0.286. The average Bonchev–Trinajstić information content (AvgIpc) is 2.88. The zero-order valence-electron chi connectivity index (χ0n) is 21.3. The van der Waals surface area contributed by atoms with Crippen LogP contribution in [0, 0.1) is 13.8 Å². The van der Waals surface area contributed by atoms with Gasteiger partial charge in [0, 0.05) is 35.6 Å². The minimum atomic E-state index is -0.697. The van der Waals surface area contributed by atoms with Crippen LogP contribution in [0.25, 0.3) is 0 Å². The van der Waals surface area contributed by atoms with E-state index in [0.717, 1.165) is 28.1 Å². The third-order valence-corrected chi connectivity index (χ3v) is 6.15. The maximum absolute atomic E-state index is 11.7. The Labute approximate surface area is 222 Å². The lowest BCUT2D eigenvalue weighted by molar-refractivity contribution is -0.145. The van der Waals surface area contributed by atoms with Gasteiger partial charge in [-0.25, -0.2) is 4.79 Å². The monoisotopic (exact) mass is 518 g/mol. The molecule has 1 atom stereocenters. The zero-order chi connectivity index (χ0) is 26.4. The van der Waals surface area contributed by atoms with Crippen molar-refractivity contribution in [3.63, 3.8) is 0 Å². The minimum Gasteiger partial charge on any atom is -0.482 e. The van der Waals surface area contributed by atoms with Gasteiger partial charge in [0.05, 0.1) is 12.3 Å². The lowest BCUT2D eigenvalue weighted by Gasteiger charge is -2.36. The highest BCUT2D eigenvalue weighted by molar-refractivity contribution is 7.80. The summed E-state index contributed by atoms with van der Waals surface area (Å²) in [5, 5.41) is 8.24. The van der Waals surface area contributed by atoms with Crippen LogP contribution in [0.4, 0.5) is 5.69 Å². The van der Waals surface area contributed by atoms with Gasteiger partial charge in [-0.2, -0.15) is 5.10 Å². The number of fused-ring (bicyclic) bond motifs is 1. The number of aromatic nitrogens is 1. The molecular formula is C28H30N4O4S. The third-order valence-electron chi connectivity index (χ3n) is 5.96. The van der Waals surface area contributed by atoms with E-state index in [1.54, 1.807) is 31.5 Å². The summed E-state index contributed by atoms with van der Waals surface area (Å²) in [7, 11) is 0. The van der Waals surface area contributed by atoms with Gasteiger partial charge in [-0.1, -0.05) is 23.8 Å². The number of aryl methyl sites for hydroxylation is 2. The molecule has 9 heteroatoms. The number of carbonyl (C=O) groups excluding carboxylic acids is 1. The van der Waals surface area contributed by atoms with Crippen LogP contribution in [-0.2, 0) is 15.1 Å². The molecule has 0 aliphatic carbocycles. The number of hydrazone groups is 1. The smallest absolute Gasteiger partial charge is 0.344 e. The van der Waals surface area contributed by atoms with Crippen LogP contribution in [0.2, 0.25) is 0 Å². The molecule has 0 saturated heterocycles. The second-order valence-electron chi connectivity index (χ2n) is 8.95. The summed E-state index contributed by atoms with van der Waals surface area (Å²) in [5.41, 5.74) is 7.84. The second-order valence-corrected chi connectivity index (χ2v) is 9.35. The number of benzene rings is 2. The molecule has 0 spiro atoms. The maximum atomic E-state index is 11.7. The highest BCUT2D eigenvalue weighted by atomic mass is 32.1. The Morgan fingerprint density at radius 1 is 1.22 bits per heavy atom. The Bertz CT molecular complexity index is 1330. The van der Waals surface area contributed by atoms with Gasteiger partial charge in [0.25, 0.3) is 0 Å². The molecule has 2 N–H and O–H groups in total. The Hall–Kier alpha value is -3.98. The Kier molecular flexibility index (Phi) is 8.03. The van der Waals surface area contributed by atoms with E-state index in [1.807, 2.05) is 51.1 Å². The molecule has 192 valence electrons. The van der Waals surface area contributed by atoms with Crippen LogP contribution in [0.5, 0.6) is 11.5 Å². The summed E-state index contributed by atoms with van der Waals surface area (Å²) in [4.78, 5) is 16.0. The molecule has 1 aromatic heterocycles. The van der Waals surface area contributed by atoms with Crippen molar-refractivity contribution in [1.82, 2.24) is 10.4 Å². The van der Waals surface area contributed by atoms with Crippen molar-refractivity contribution in [3.05, 3.63) is 83.2 Å². The number of nitrogens with one attached hydrogen (secondary N) is 2. The van der Waals surface area contributed by atoms with Gasteiger partial charge in [0.2, 0.25) is 0 Å². The lowest BCUT2D eigenvalue weighted by atomic mass is 9.86. The summed E-state index contributed by atoms with van der Waals surface area (Å²) in [5.74, 6) is 0.706. The fourth-order valence-corrected chi connectivity index (χ4v) is 4.27. The predicted molar refractivity (Wildman–Crippen MR) is 147 cm³/mol. The number of thiocarbonyl (C=S) groups is 1. The first-order valence-corrected chi connectivity index (χ1v) is 12.4. The summed E-state index contributed by atoms with van der Waals surface area (Å²) in [6, 6.07) is 15.3. The molecule has 0 saturated carbocycles. The Morgan fingerprint density at radius 3 is 2.78 bits per heavy atom. The first-order valence-electron chi connectivity index (χ1n) is 12.0. The molecule has 0 amide bonds. The predicted octanol–water partition coefficient (Wildman–Crippen LogP) is 5.03. The maximum Gasteiger partial charge on any atom is 0.344 e. The van der Waals surface area contributed by atoms with Crippen molar-refractivity contribution in [1.29, 1.82) is 0 Å². The second kappa shape index (κ2) is 11.4.